The number of anilines is 2. The van der Waals surface area contributed by atoms with E-state index in [0.717, 1.165) is 31.4 Å². The van der Waals surface area contributed by atoms with Crippen molar-refractivity contribution < 1.29 is 14.0 Å². The Labute approximate surface area is 151 Å². The third kappa shape index (κ3) is 3.47. The topological polar surface area (TPSA) is 88.3 Å². The lowest BCUT2D eigenvalue weighted by Gasteiger charge is -2.19. The summed E-state index contributed by atoms with van der Waals surface area (Å²) >= 11 is 0. The van der Waals surface area contributed by atoms with Gasteiger partial charge >= 0.3 is 6.01 Å². The molecule has 1 saturated carbocycles. The fourth-order valence-electron chi connectivity index (χ4n) is 3.75. The van der Waals surface area contributed by atoms with Crippen LogP contribution in [-0.2, 0) is 9.59 Å². The van der Waals surface area contributed by atoms with Crippen LogP contribution in [0.3, 0.4) is 0 Å². The second-order valence-corrected chi connectivity index (χ2v) is 7.01. The largest absolute Gasteiger partial charge is 0.407 e. The van der Waals surface area contributed by atoms with E-state index < -0.39 is 0 Å². The summed E-state index contributed by atoms with van der Waals surface area (Å²) in [5, 5.41) is 10.7. The van der Waals surface area contributed by atoms with Gasteiger partial charge in [-0.25, -0.2) is 0 Å². The van der Waals surface area contributed by atoms with E-state index >= 15 is 0 Å². The Kier molecular flexibility index (Phi) is 4.69. The van der Waals surface area contributed by atoms with Crippen molar-refractivity contribution in [3.05, 3.63) is 36.2 Å². The predicted octanol–water partition coefficient (Wildman–Crippen LogP) is 3.11. The zero-order chi connectivity index (χ0) is 17.9. The van der Waals surface area contributed by atoms with Gasteiger partial charge in [-0.15, -0.1) is 5.10 Å². The minimum absolute atomic E-state index is 0.0285. The Morgan fingerprint density at radius 2 is 1.88 bits per heavy atom. The SMILES string of the molecule is O=C(Nc1nnc([C@H]2CC(=O)N(c3ccccc3)C2)o1)C1CCCCC1. The van der Waals surface area contributed by atoms with Crippen LogP contribution in [0.2, 0.25) is 0 Å². The molecule has 0 radical (unpaired) electrons. The molecule has 2 heterocycles. The summed E-state index contributed by atoms with van der Waals surface area (Å²) in [6, 6.07) is 9.67. The van der Waals surface area contributed by atoms with Gasteiger partial charge in [-0.05, 0) is 25.0 Å². The molecule has 1 atom stereocenters. The van der Waals surface area contributed by atoms with Crippen molar-refractivity contribution in [3.8, 4) is 0 Å². The monoisotopic (exact) mass is 354 g/mol. The number of rotatable bonds is 4. The van der Waals surface area contributed by atoms with Crippen molar-refractivity contribution in [2.45, 2.75) is 44.4 Å². The second-order valence-electron chi connectivity index (χ2n) is 7.01. The standard InChI is InChI=1S/C19H22N4O3/c24-16-11-14(12-23(16)15-9-5-2-6-10-15)18-21-22-19(26-18)20-17(25)13-7-3-1-4-8-13/h2,5-6,9-10,13-14H,1,3-4,7-8,11-12H2,(H,20,22,25)/t14-/m0/s1. The number of hydrogen-bond acceptors (Lipinski definition) is 5. The highest BCUT2D eigenvalue weighted by molar-refractivity contribution is 5.96. The number of carbonyl (C=O) groups is 2. The van der Waals surface area contributed by atoms with Gasteiger partial charge in [-0.2, -0.15) is 0 Å². The first-order chi connectivity index (χ1) is 12.7. The van der Waals surface area contributed by atoms with E-state index in [4.69, 9.17) is 4.42 Å². The van der Waals surface area contributed by atoms with Crippen LogP contribution >= 0.6 is 0 Å². The van der Waals surface area contributed by atoms with Crippen molar-refractivity contribution in [1.82, 2.24) is 10.2 Å². The minimum atomic E-state index is -0.157. The summed E-state index contributed by atoms with van der Waals surface area (Å²) in [5.41, 5.74) is 0.866. The van der Waals surface area contributed by atoms with Crippen molar-refractivity contribution in [2.24, 2.45) is 5.92 Å². The van der Waals surface area contributed by atoms with Crippen LogP contribution in [0.1, 0.15) is 50.3 Å². The van der Waals surface area contributed by atoms with Gasteiger partial charge in [0.1, 0.15) is 0 Å². The van der Waals surface area contributed by atoms with E-state index in [1.807, 2.05) is 30.3 Å². The summed E-state index contributed by atoms with van der Waals surface area (Å²) in [4.78, 5) is 26.3. The molecule has 1 aliphatic carbocycles. The number of benzene rings is 1. The number of para-hydroxylation sites is 1. The van der Waals surface area contributed by atoms with Crippen LogP contribution in [0.5, 0.6) is 0 Å². The maximum Gasteiger partial charge on any atom is 0.322 e. The lowest BCUT2D eigenvalue weighted by atomic mass is 9.89. The lowest BCUT2D eigenvalue weighted by molar-refractivity contribution is -0.121. The molecule has 1 aromatic carbocycles. The fraction of sp³-hybridized carbons (Fsp3) is 0.474. The number of nitrogens with zero attached hydrogens (tertiary/aromatic N) is 3. The van der Waals surface area contributed by atoms with Gasteiger partial charge in [0.05, 0.1) is 5.92 Å². The molecule has 2 aromatic rings. The molecule has 0 unspecified atom stereocenters. The zero-order valence-electron chi connectivity index (χ0n) is 14.6. The number of nitrogens with one attached hydrogen (secondary N) is 1. The van der Waals surface area contributed by atoms with E-state index in [0.29, 0.717) is 18.9 Å². The van der Waals surface area contributed by atoms with Gasteiger partial charge in [-0.1, -0.05) is 42.6 Å². The third-order valence-electron chi connectivity index (χ3n) is 5.19. The first-order valence-corrected chi connectivity index (χ1v) is 9.20. The van der Waals surface area contributed by atoms with Crippen LogP contribution in [0.15, 0.2) is 34.7 Å². The van der Waals surface area contributed by atoms with Gasteiger partial charge < -0.3 is 9.32 Å². The highest BCUT2D eigenvalue weighted by Gasteiger charge is 2.35. The van der Waals surface area contributed by atoms with E-state index in [1.54, 1.807) is 4.90 Å². The smallest absolute Gasteiger partial charge is 0.322 e. The molecule has 1 saturated heterocycles. The highest BCUT2D eigenvalue weighted by Crippen LogP contribution is 2.32. The molecule has 2 amide bonds. The van der Waals surface area contributed by atoms with E-state index in [9.17, 15) is 9.59 Å². The van der Waals surface area contributed by atoms with Gasteiger partial charge in [0.25, 0.3) is 0 Å². The summed E-state index contributed by atoms with van der Waals surface area (Å²) < 4.78 is 5.63. The Morgan fingerprint density at radius 1 is 1.12 bits per heavy atom. The molecular formula is C19H22N4O3. The minimum Gasteiger partial charge on any atom is -0.407 e. The maximum absolute atomic E-state index is 12.3. The molecule has 7 heteroatoms. The first kappa shape index (κ1) is 16.8. The Bertz CT molecular complexity index is 783. The van der Waals surface area contributed by atoms with Crippen LogP contribution in [0, 0.1) is 5.92 Å². The summed E-state index contributed by atoms with van der Waals surface area (Å²) in [7, 11) is 0. The van der Waals surface area contributed by atoms with Gasteiger partial charge in [-0.3, -0.25) is 14.9 Å². The van der Waals surface area contributed by atoms with E-state index in [-0.39, 0.29) is 29.7 Å². The third-order valence-corrected chi connectivity index (χ3v) is 5.19. The van der Waals surface area contributed by atoms with Crippen LogP contribution in [-0.4, -0.2) is 28.6 Å². The average Bonchev–Trinajstić information content (AvgIpc) is 3.30. The molecule has 1 N–H and O–H groups in total. The molecule has 1 aromatic heterocycles. The van der Waals surface area contributed by atoms with E-state index in [1.165, 1.54) is 6.42 Å². The molecule has 1 aliphatic heterocycles. The fourth-order valence-corrected chi connectivity index (χ4v) is 3.75. The second kappa shape index (κ2) is 7.27. The molecule has 26 heavy (non-hydrogen) atoms. The molecule has 2 aliphatic rings. The number of amides is 2. The lowest BCUT2D eigenvalue weighted by Crippen LogP contribution is -2.24. The molecular weight excluding hydrogens is 332 g/mol. The van der Waals surface area contributed by atoms with Gasteiger partial charge in [0, 0.05) is 24.6 Å². The maximum atomic E-state index is 12.3. The Balaban J connectivity index is 1.40. The molecule has 2 fully saturated rings. The van der Waals surface area contributed by atoms with Crippen LogP contribution in [0.4, 0.5) is 11.7 Å². The van der Waals surface area contributed by atoms with Crippen molar-refractivity contribution in [2.75, 3.05) is 16.8 Å². The van der Waals surface area contributed by atoms with Gasteiger partial charge in [0.2, 0.25) is 17.7 Å². The van der Waals surface area contributed by atoms with Crippen LogP contribution in [0.25, 0.3) is 0 Å². The molecule has 0 spiro atoms. The van der Waals surface area contributed by atoms with Crippen molar-refractivity contribution in [1.29, 1.82) is 0 Å². The first-order valence-electron chi connectivity index (χ1n) is 9.20. The normalized spacial score (nSPS) is 21.2. The van der Waals surface area contributed by atoms with Crippen molar-refractivity contribution >= 4 is 23.5 Å². The zero-order valence-corrected chi connectivity index (χ0v) is 14.6. The van der Waals surface area contributed by atoms with E-state index in [2.05, 4.69) is 15.5 Å². The molecule has 136 valence electrons. The summed E-state index contributed by atoms with van der Waals surface area (Å²) in [5.74, 6) is 0.257. The van der Waals surface area contributed by atoms with Crippen molar-refractivity contribution in [3.63, 3.8) is 0 Å². The number of aromatic nitrogens is 2. The Hall–Kier alpha value is -2.70. The Morgan fingerprint density at radius 3 is 2.65 bits per heavy atom. The number of hydrogen-bond donors (Lipinski definition) is 1. The van der Waals surface area contributed by atoms with Gasteiger partial charge in [0.15, 0.2) is 0 Å². The number of carbonyl (C=O) groups excluding carboxylic acids is 2. The quantitative estimate of drug-likeness (QED) is 0.911. The van der Waals surface area contributed by atoms with Crippen LogP contribution < -0.4 is 10.2 Å². The average molecular weight is 354 g/mol. The molecule has 4 rings (SSSR count). The molecule has 0 bridgehead atoms. The summed E-state index contributed by atoms with van der Waals surface area (Å²) in [6.07, 6.45) is 5.53. The highest BCUT2D eigenvalue weighted by atomic mass is 16.4. The summed E-state index contributed by atoms with van der Waals surface area (Å²) in [6.45, 7) is 0.501. The predicted molar refractivity (Wildman–Crippen MR) is 95.7 cm³/mol. The molecule has 7 nitrogen and oxygen atoms in total.